The molecule has 0 spiro atoms. The molecule has 0 bridgehead atoms. The molecule has 0 saturated carbocycles. The number of Topliss-reactive ketones (excluding diaryl/α,β-unsaturated/α-hetero) is 1. The predicted molar refractivity (Wildman–Crippen MR) is 66.7 cm³/mol. The summed E-state index contributed by atoms with van der Waals surface area (Å²) in [6.07, 6.45) is 1.05. The summed E-state index contributed by atoms with van der Waals surface area (Å²) in [6, 6.07) is 1.05. The Morgan fingerprint density at radius 1 is 1.30 bits per heavy atom. The maximum absolute atomic E-state index is 13.7. The van der Waals surface area contributed by atoms with Crippen LogP contribution in [-0.2, 0) is 9.59 Å². The van der Waals surface area contributed by atoms with Crippen molar-refractivity contribution in [2.45, 2.75) is 26.2 Å². The number of benzene rings is 1. The van der Waals surface area contributed by atoms with Gasteiger partial charge in [0.25, 0.3) is 0 Å². The minimum atomic E-state index is -1.14. The highest BCUT2D eigenvalue weighted by Crippen LogP contribution is 2.30. The van der Waals surface area contributed by atoms with Gasteiger partial charge in [-0.05, 0) is 12.8 Å². The first-order valence-corrected chi connectivity index (χ1v) is 6.44. The molecule has 1 atom stereocenters. The molecular formula is C14H14F3NO2. The van der Waals surface area contributed by atoms with Crippen LogP contribution in [0.4, 0.5) is 18.9 Å². The van der Waals surface area contributed by atoms with Crippen molar-refractivity contribution >= 4 is 17.4 Å². The first-order chi connectivity index (χ1) is 9.45. The second kappa shape index (κ2) is 5.64. The smallest absolute Gasteiger partial charge is 0.237 e. The van der Waals surface area contributed by atoms with Crippen molar-refractivity contribution in [3.8, 4) is 0 Å². The van der Waals surface area contributed by atoms with Crippen molar-refractivity contribution in [3.63, 3.8) is 0 Å². The van der Waals surface area contributed by atoms with E-state index in [0.29, 0.717) is 25.0 Å². The molecule has 1 aliphatic heterocycles. The van der Waals surface area contributed by atoms with Gasteiger partial charge in [0.2, 0.25) is 5.91 Å². The molecule has 1 aromatic rings. The van der Waals surface area contributed by atoms with Gasteiger partial charge in [0.1, 0.15) is 17.3 Å². The van der Waals surface area contributed by atoms with E-state index in [0.717, 1.165) is 4.90 Å². The molecule has 0 unspecified atom stereocenters. The highest BCUT2D eigenvalue weighted by atomic mass is 19.1. The minimum Gasteiger partial charge on any atom is -0.307 e. The molecule has 3 nitrogen and oxygen atoms in total. The molecule has 20 heavy (non-hydrogen) atoms. The highest BCUT2D eigenvalue weighted by molar-refractivity contribution is 6.09. The van der Waals surface area contributed by atoms with E-state index in [1.165, 1.54) is 0 Å². The van der Waals surface area contributed by atoms with Gasteiger partial charge in [0, 0.05) is 25.1 Å². The van der Waals surface area contributed by atoms with E-state index in [1.54, 1.807) is 6.92 Å². The summed E-state index contributed by atoms with van der Waals surface area (Å²) in [7, 11) is 0. The van der Waals surface area contributed by atoms with Crippen LogP contribution >= 0.6 is 0 Å². The van der Waals surface area contributed by atoms with Crippen molar-refractivity contribution in [2.24, 2.45) is 5.92 Å². The van der Waals surface area contributed by atoms with Crippen molar-refractivity contribution < 1.29 is 22.8 Å². The van der Waals surface area contributed by atoms with Crippen LogP contribution in [0.1, 0.15) is 26.2 Å². The van der Waals surface area contributed by atoms with E-state index in [9.17, 15) is 22.8 Å². The molecule has 1 aliphatic rings. The number of carbonyl (C=O) groups is 2. The summed E-state index contributed by atoms with van der Waals surface area (Å²) in [5, 5.41) is 0. The Labute approximate surface area is 114 Å². The van der Waals surface area contributed by atoms with E-state index >= 15 is 0 Å². The summed E-state index contributed by atoms with van der Waals surface area (Å²) < 4.78 is 40.3. The van der Waals surface area contributed by atoms with Crippen LogP contribution in [0.25, 0.3) is 0 Å². The van der Waals surface area contributed by atoms with Gasteiger partial charge in [-0.1, -0.05) is 6.92 Å². The number of hydrogen-bond donors (Lipinski definition) is 0. The fraction of sp³-hybridized carbons (Fsp3) is 0.429. The number of rotatable bonds is 3. The van der Waals surface area contributed by atoms with E-state index in [1.807, 2.05) is 0 Å². The van der Waals surface area contributed by atoms with Crippen LogP contribution in [0.2, 0.25) is 0 Å². The van der Waals surface area contributed by atoms with Crippen LogP contribution in [0, 0.1) is 23.4 Å². The highest BCUT2D eigenvalue weighted by Gasteiger charge is 2.36. The maximum Gasteiger partial charge on any atom is 0.237 e. The lowest BCUT2D eigenvalue weighted by molar-refractivity contribution is -0.133. The molecule has 1 fully saturated rings. The number of anilines is 1. The normalized spacial score (nSPS) is 19.3. The van der Waals surface area contributed by atoms with Crippen molar-refractivity contribution in [2.75, 3.05) is 11.4 Å². The van der Waals surface area contributed by atoms with Gasteiger partial charge >= 0.3 is 0 Å². The first kappa shape index (κ1) is 14.6. The number of amides is 1. The number of carbonyl (C=O) groups excluding carboxylic acids is 2. The molecule has 1 amide bonds. The maximum atomic E-state index is 13.7. The molecule has 2 rings (SSSR count). The number of nitrogens with zero attached hydrogens (tertiary/aromatic N) is 1. The van der Waals surface area contributed by atoms with Crippen LogP contribution in [0.5, 0.6) is 0 Å². The minimum absolute atomic E-state index is 0.117. The average molecular weight is 285 g/mol. The summed E-state index contributed by atoms with van der Waals surface area (Å²) in [6.45, 7) is 1.75. The lowest BCUT2D eigenvalue weighted by Gasteiger charge is -2.31. The molecular weight excluding hydrogens is 271 g/mol. The molecule has 6 heteroatoms. The summed E-state index contributed by atoms with van der Waals surface area (Å²) in [5.74, 6) is -5.05. The van der Waals surface area contributed by atoms with Gasteiger partial charge in [0.15, 0.2) is 11.6 Å². The molecule has 108 valence electrons. The fourth-order valence-corrected chi connectivity index (χ4v) is 2.43. The molecule has 0 N–H and O–H groups in total. The Balaban J connectivity index is 2.38. The zero-order valence-corrected chi connectivity index (χ0v) is 11.0. The zero-order chi connectivity index (χ0) is 14.9. The molecule has 0 aromatic heterocycles. The molecule has 1 heterocycles. The quantitative estimate of drug-likeness (QED) is 0.801. The summed E-state index contributed by atoms with van der Waals surface area (Å²) in [4.78, 5) is 24.8. The molecule has 1 aromatic carbocycles. The lowest BCUT2D eigenvalue weighted by atomic mass is 9.91. The monoisotopic (exact) mass is 285 g/mol. The second-order valence-corrected chi connectivity index (χ2v) is 4.72. The third kappa shape index (κ3) is 2.55. The number of ketones is 1. The predicted octanol–water partition coefficient (Wildman–Crippen LogP) is 2.83. The molecule has 0 aliphatic carbocycles. The number of hydrogen-bond acceptors (Lipinski definition) is 2. The van der Waals surface area contributed by atoms with Crippen LogP contribution in [0.15, 0.2) is 12.1 Å². The van der Waals surface area contributed by atoms with Gasteiger partial charge in [-0.2, -0.15) is 0 Å². The van der Waals surface area contributed by atoms with Crippen LogP contribution in [-0.4, -0.2) is 18.2 Å². The van der Waals surface area contributed by atoms with Gasteiger partial charge < -0.3 is 4.90 Å². The Morgan fingerprint density at radius 3 is 2.45 bits per heavy atom. The fourth-order valence-electron chi connectivity index (χ4n) is 2.43. The van der Waals surface area contributed by atoms with Gasteiger partial charge in [0.05, 0.1) is 5.92 Å². The Bertz CT molecular complexity index is 536. The Kier molecular flexibility index (Phi) is 4.11. The third-order valence-electron chi connectivity index (χ3n) is 3.43. The van der Waals surface area contributed by atoms with E-state index in [2.05, 4.69) is 0 Å². The van der Waals surface area contributed by atoms with Crippen LogP contribution < -0.4 is 4.90 Å². The van der Waals surface area contributed by atoms with Gasteiger partial charge in [-0.3, -0.25) is 9.59 Å². The van der Waals surface area contributed by atoms with Gasteiger partial charge in [-0.25, -0.2) is 13.2 Å². The van der Waals surface area contributed by atoms with Gasteiger partial charge in [-0.15, -0.1) is 0 Å². The standard InChI is InChI=1S/C14H14F3NO2/c1-2-12(19)9-4-3-5-18(14(9)20)13-10(16)6-8(15)7-11(13)17/h6-7,9H,2-5H2,1H3/t9-/m1/s1. The third-order valence-corrected chi connectivity index (χ3v) is 3.43. The summed E-state index contributed by atoms with van der Waals surface area (Å²) in [5.41, 5.74) is -0.579. The molecule has 0 radical (unpaired) electrons. The summed E-state index contributed by atoms with van der Waals surface area (Å²) >= 11 is 0. The van der Waals surface area contributed by atoms with Crippen molar-refractivity contribution in [1.29, 1.82) is 0 Å². The molecule has 1 saturated heterocycles. The second-order valence-electron chi connectivity index (χ2n) is 4.72. The lowest BCUT2D eigenvalue weighted by Crippen LogP contribution is -2.45. The van der Waals surface area contributed by atoms with Crippen molar-refractivity contribution in [3.05, 3.63) is 29.6 Å². The van der Waals surface area contributed by atoms with Crippen molar-refractivity contribution in [1.82, 2.24) is 0 Å². The van der Waals surface area contributed by atoms with E-state index in [-0.39, 0.29) is 18.7 Å². The number of halogens is 3. The topological polar surface area (TPSA) is 37.4 Å². The average Bonchev–Trinajstić information content (AvgIpc) is 2.38. The largest absolute Gasteiger partial charge is 0.307 e. The Hall–Kier alpha value is -1.85. The zero-order valence-electron chi connectivity index (χ0n) is 11.0. The number of piperidine rings is 1. The Morgan fingerprint density at radius 2 is 1.90 bits per heavy atom. The van der Waals surface area contributed by atoms with Crippen LogP contribution in [0.3, 0.4) is 0 Å². The first-order valence-electron chi connectivity index (χ1n) is 6.44. The van der Waals surface area contributed by atoms with E-state index in [4.69, 9.17) is 0 Å². The SMILES string of the molecule is CCC(=O)[C@H]1CCCN(c2c(F)cc(F)cc2F)C1=O. The van der Waals surface area contributed by atoms with E-state index < -0.39 is 35.0 Å².